The van der Waals surface area contributed by atoms with Gasteiger partial charge in [0.2, 0.25) is 88.6 Å². The maximum Gasteiger partial charge on any atom is 0.305 e. The molecule has 18 N–H and O–H groups in total. The molecule has 0 aliphatic carbocycles. The minimum atomic E-state index is -1.94. The largest absolute Gasteiger partial charge is 0.508 e. The van der Waals surface area contributed by atoms with E-state index in [4.69, 9.17) is 17.2 Å². The van der Waals surface area contributed by atoms with Crippen LogP contribution in [-0.4, -0.2) is 272 Å². The Morgan fingerprint density at radius 2 is 1.04 bits per heavy atom. The molecule has 139 heavy (non-hydrogen) atoms. The van der Waals surface area contributed by atoms with Crippen molar-refractivity contribution >= 4 is 117 Å². The number of H-pyrrole nitrogens is 1. The quantitative estimate of drug-likeness (QED) is 0.0274. The Bertz CT molecular complexity index is 5490. The lowest BCUT2D eigenvalue weighted by Gasteiger charge is -2.38. The number of unbranched alkanes of at least 4 members (excludes halogenated alkanes) is 2. The molecule has 36 nitrogen and oxygen atoms in total. The molecule has 15 amide bonds. The van der Waals surface area contributed by atoms with Gasteiger partial charge in [0.05, 0.1) is 24.6 Å². The van der Waals surface area contributed by atoms with Crippen molar-refractivity contribution in [3.8, 4) is 5.75 Å². The first-order chi connectivity index (χ1) is 66.4. The smallest absolute Gasteiger partial charge is 0.305 e. The molecule has 10 rings (SSSR count). The third kappa shape index (κ3) is 29.9. The first kappa shape index (κ1) is 107. The fourth-order valence-electron chi connectivity index (χ4n) is 17.4. The molecule has 3 saturated heterocycles. The zero-order valence-corrected chi connectivity index (χ0v) is 79.4. The second-order valence-electron chi connectivity index (χ2n) is 35.7. The van der Waals surface area contributed by atoms with E-state index in [2.05, 4.69) is 52.8 Å². The molecule has 3 fully saturated rings. The summed E-state index contributed by atoms with van der Waals surface area (Å²) in [5, 5.41) is 45.7. The third-order valence-electron chi connectivity index (χ3n) is 25.3. The van der Waals surface area contributed by atoms with E-state index >= 15 is 56.7 Å². The number of phenols is 1. The Balaban J connectivity index is 1.05. The predicted octanol–water partition coefficient (Wildman–Crippen LogP) is 2.89. The van der Waals surface area contributed by atoms with Crippen LogP contribution in [0.1, 0.15) is 130 Å². The number of nitrogens with zero attached hydrogens (tertiary/aromatic N) is 5. The normalized spacial score (nSPS) is 23.1. The lowest BCUT2D eigenvalue weighted by Crippen LogP contribution is -2.62. The van der Waals surface area contributed by atoms with Gasteiger partial charge in [-0.3, -0.25) is 76.7 Å². The number of carbonyl (C=O) groups is 16. The van der Waals surface area contributed by atoms with Crippen molar-refractivity contribution in [3.05, 3.63) is 208 Å². The van der Waals surface area contributed by atoms with Gasteiger partial charge in [0.25, 0.3) is 0 Å². The van der Waals surface area contributed by atoms with Crippen molar-refractivity contribution in [2.24, 2.45) is 29.0 Å². The molecule has 13 atom stereocenters. The first-order valence-electron chi connectivity index (χ1n) is 46.6. The van der Waals surface area contributed by atoms with Crippen LogP contribution in [0.15, 0.2) is 152 Å². The van der Waals surface area contributed by atoms with Gasteiger partial charge >= 0.3 is 5.97 Å². The van der Waals surface area contributed by atoms with Gasteiger partial charge in [0.1, 0.15) is 78.3 Å². The first-order valence-corrected chi connectivity index (χ1v) is 47.8. The van der Waals surface area contributed by atoms with Crippen molar-refractivity contribution in [3.63, 3.8) is 0 Å². The average molecular weight is 1940 g/mol. The highest BCUT2D eigenvalue weighted by molar-refractivity contribution is 8.00. The minimum Gasteiger partial charge on any atom is -0.508 e. The van der Waals surface area contributed by atoms with E-state index in [1.807, 2.05) is 19.1 Å². The van der Waals surface area contributed by atoms with Crippen LogP contribution < -0.4 is 65.1 Å². The molecule has 1 aromatic heterocycles. The summed E-state index contributed by atoms with van der Waals surface area (Å²) in [6.45, 7) is 3.93. The average Bonchev–Trinajstić information content (AvgIpc) is 1.80. The lowest BCUT2D eigenvalue weighted by molar-refractivity contribution is -0.152. The predicted molar refractivity (Wildman–Crippen MR) is 510 cm³/mol. The van der Waals surface area contributed by atoms with Crippen molar-refractivity contribution in [1.29, 1.82) is 0 Å². The summed E-state index contributed by atoms with van der Waals surface area (Å²) in [7, 11) is 3.81. The van der Waals surface area contributed by atoms with Gasteiger partial charge in [-0.05, 0) is 140 Å². The van der Waals surface area contributed by atoms with Gasteiger partial charge in [-0.2, -0.15) is 0 Å². The Morgan fingerprint density at radius 1 is 0.511 bits per heavy atom. The number of thioether (sulfide) groups is 1. The van der Waals surface area contributed by atoms with Gasteiger partial charge in [0, 0.05) is 102 Å². The molecule has 0 spiro atoms. The number of phenolic OH excluding ortho intramolecular Hbond substituents is 1. The number of hydrogen-bond donors (Lipinski definition) is 15. The highest BCUT2D eigenvalue weighted by Crippen LogP contribution is 2.29. The number of carboxylic acids is 1. The molecule has 0 bridgehead atoms. The fraction of sp³-hybridized carbons (Fsp3) is 0.455. The molecule has 0 saturated carbocycles. The van der Waals surface area contributed by atoms with Crippen LogP contribution in [-0.2, 0) is 122 Å². The van der Waals surface area contributed by atoms with E-state index < -0.39 is 234 Å². The number of amides is 15. The maximum absolute atomic E-state index is 15.8. The van der Waals surface area contributed by atoms with Gasteiger partial charge < -0.3 is 105 Å². The molecular weight excluding hydrogens is 1820 g/mol. The maximum atomic E-state index is 15.8. The molecule has 7 aromatic rings. The number of likely N-dealkylation sites (N-methyl/N-ethyl adjacent to an activating group) is 3. The van der Waals surface area contributed by atoms with Crippen molar-refractivity contribution < 1.29 is 100 Å². The number of aromatic amines is 1. The summed E-state index contributed by atoms with van der Waals surface area (Å²) in [4.78, 5) is 248. The molecule has 40 heteroatoms. The van der Waals surface area contributed by atoms with Crippen LogP contribution in [0.3, 0.4) is 0 Å². The summed E-state index contributed by atoms with van der Waals surface area (Å²) in [5.74, 6) is -24.1. The summed E-state index contributed by atoms with van der Waals surface area (Å²) in [5.41, 5.74) is 21.1. The monoisotopic (exact) mass is 1940 g/mol. The topological polar surface area (TPSA) is 532 Å². The van der Waals surface area contributed by atoms with Crippen LogP contribution in [0.5, 0.6) is 5.75 Å². The number of nitrogens with two attached hydrogens (primary N) is 3. The van der Waals surface area contributed by atoms with E-state index in [0.717, 1.165) is 20.3 Å². The van der Waals surface area contributed by atoms with E-state index in [9.17, 15) is 43.4 Å². The van der Waals surface area contributed by atoms with Gasteiger partial charge in [0.15, 0.2) is 17.5 Å². The molecule has 4 heterocycles. The Kier molecular flexibility index (Phi) is 39.8. The van der Waals surface area contributed by atoms with Gasteiger partial charge in [-0.25, -0.2) is 13.2 Å². The summed E-state index contributed by atoms with van der Waals surface area (Å²) < 4.78 is 45.2. The number of carbonyl (C=O) groups excluding carboxylic acids is 15. The number of nitrogens with one attached hydrogen (secondary N) is 10. The summed E-state index contributed by atoms with van der Waals surface area (Å²) in [6.07, 6.45) is 0.328. The number of aliphatic carboxylic acids is 1. The number of carboxylic acid groups (broad SMARTS) is 1. The summed E-state index contributed by atoms with van der Waals surface area (Å²) in [6, 6.07) is 18.9. The van der Waals surface area contributed by atoms with Crippen molar-refractivity contribution in [2.45, 2.75) is 209 Å². The second kappa shape index (κ2) is 51.6. The van der Waals surface area contributed by atoms with Crippen LogP contribution >= 0.6 is 11.8 Å². The van der Waals surface area contributed by atoms with Crippen molar-refractivity contribution in [1.82, 2.24) is 77.3 Å². The number of aromatic hydroxyl groups is 1. The molecular formula is C99H125F3N18O18S. The molecule has 3 aliphatic rings. The minimum absolute atomic E-state index is 0.00606. The molecule has 0 unspecified atom stereocenters. The summed E-state index contributed by atoms with van der Waals surface area (Å²) >= 11 is 0.680. The highest BCUT2D eigenvalue weighted by Gasteiger charge is 2.46. The number of aromatic nitrogens is 1. The van der Waals surface area contributed by atoms with Crippen molar-refractivity contribution in [2.75, 3.05) is 65.4 Å². The number of primary amides is 1. The van der Waals surface area contributed by atoms with Crippen LogP contribution in [0.4, 0.5) is 13.2 Å². The third-order valence-corrected chi connectivity index (χ3v) is 26.3. The number of halogens is 3. The van der Waals surface area contributed by atoms with E-state index in [1.165, 1.54) is 55.2 Å². The number of rotatable bonds is 26. The Hall–Kier alpha value is -13.8. The molecule has 746 valence electrons. The number of benzene rings is 6. The number of para-hydroxylation sites is 1. The van der Waals surface area contributed by atoms with E-state index in [1.54, 1.807) is 117 Å². The SMILES string of the molecule is CCCC[C@H]1C(=O)N2CCC[C@@H]2C(=O)N[C@@H](CC(=O)O)C(=O)N[C@@H](C(C)C)C(=O)N(C)[C@@H](Cc2ccccc2)C(=O)N[C@@H](Cc2ccc(CN)cc2)C(=O)N2CCC[C@@H]2C(=O)NC[C@@H](Cc2c[nH]c3ccccc23)C(=O)N[C@@H](Cc2ccc(O)cc2)C(=O)N[C@@H](CCCCN)C(=O)N[C@H](C(=O)NCC(N)=O)CSCC(=O)N[C@@H](Cc2cc(F)c(F)c(F)c2)C(=O)N(C)[C@@H](Cc2ccccc2)C(=O)N1C. The van der Waals surface area contributed by atoms with E-state index in [0.29, 0.717) is 81.9 Å². The standard InChI is InChI=1S/C99H125F3N18O18S/c1-7-8-28-79-98(137)120-41-20-30-78(120)93(132)112-73(50-84(124)125)91(130)115-86(57(2)3)99(138)117(5)80(47-58-21-11-9-12-22-58)94(133)113-75(45-60-31-33-62(51-104)34-32-60)96(135)119-40-19-29-77(119)92(131)107-53-65(49-64-52-106-70-26-16-15-25-67(64)70)87(126)111-72(44-61-35-37-66(121)38-36-61)90(129)110-71(27-17-18-39-103)89(128)114-76(88(127)108-54-82(105)122)55-139-56-83(123)109-74(46-63-42-68(100)85(102)69(101)43-63)95(134)118(6)81(97(136)116(79)4)48-59-23-13-10-14-24-59/h9-16,21-26,31-38,42-43,52,57,65,71-81,86,106,121H,7-8,17-20,27-30,39-41,44-51,53-56,103-104H2,1-6H3,(H2,105,122)(H,107,131)(H,108,127)(H,109,123)(H,110,129)(H,111,126)(H,112,132)(H,113,133)(H,114,128)(H,115,130)(H,124,125)/t65-,71+,72+,73+,74+,75+,76+,77-,78-,79+,80+,81+,86+/m1/s1. The lowest BCUT2D eigenvalue weighted by atomic mass is 9.96. The zero-order chi connectivity index (χ0) is 101. The van der Waals surface area contributed by atoms with Gasteiger partial charge in [-0.15, -0.1) is 11.8 Å². The van der Waals surface area contributed by atoms with Gasteiger partial charge in [-0.1, -0.05) is 149 Å². The second-order valence-corrected chi connectivity index (χ2v) is 36.7. The zero-order valence-electron chi connectivity index (χ0n) is 78.6. The fourth-order valence-corrected chi connectivity index (χ4v) is 18.3. The Labute approximate surface area is 807 Å². The number of fused-ring (bicyclic) bond motifs is 3. The molecule has 3 aliphatic heterocycles. The molecule has 6 aromatic carbocycles. The molecule has 0 radical (unpaired) electrons. The van der Waals surface area contributed by atoms with Crippen LogP contribution in [0.2, 0.25) is 0 Å². The van der Waals surface area contributed by atoms with Crippen LogP contribution in [0.25, 0.3) is 10.9 Å². The van der Waals surface area contributed by atoms with Crippen LogP contribution in [0, 0.1) is 29.3 Å². The Morgan fingerprint density at radius 3 is 1.65 bits per heavy atom. The van der Waals surface area contributed by atoms with E-state index in [-0.39, 0.29) is 115 Å². The number of hydrogen-bond acceptors (Lipinski definition) is 20. The highest BCUT2D eigenvalue weighted by atomic mass is 32.2.